The minimum Gasteiger partial charge on any atom is -0.326 e. The standard InChI is InChI=1S/C16H23N3/c1-5-15(17)16(14-8-6-7-11(2)9-14)19-10-18-12(3)13(19)4/h6-10,15-16H,5,17H2,1-4H3. The zero-order chi connectivity index (χ0) is 14.0. The summed E-state index contributed by atoms with van der Waals surface area (Å²) in [7, 11) is 0. The van der Waals surface area contributed by atoms with Crippen molar-refractivity contribution < 1.29 is 0 Å². The fourth-order valence-corrected chi connectivity index (χ4v) is 2.49. The Labute approximate surface area is 115 Å². The third-order valence-corrected chi connectivity index (χ3v) is 3.85. The molecule has 0 aliphatic heterocycles. The van der Waals surface area contributed by atoms with Crippen LogP contribution in [0.4, 0.5) is 0 Å². The van der Waals surface area contributed by atoms with Crippen LogP contribution in [0.15, 0.2) is 30.6 Å². The molecule has 3 heteroatoms. The molecule has 0 saturated heterocycles. The molecule has 0 aliphatic rings. The van der Waals surface area contributed by atoms with E-state index in [1.54, 1.807) is 0 Å². The SMILES string of the molecule is CCC(N)C(c1cccc(C)c1)n1cnc(C)c1C. The van der Waals surface area contributed by atoms with Crippen LogP contribution >= 0.6 is 0 Å². The van der Waals surface area contributed by atoms with E-state index in [1.807, 2.05) is 13.3 Å². The maximum atomic E-state index is 6.36. The van der Waals surface area contributed by atoms with Crippen molar-refractivity contribution in [3.05, 3.63) is 53.1 Å². The summed E-state index contributed by atoms with van der Waals surface area (Å²) in [6.45, 7) is 8.39. The van der Waals surface area contributed by atoms with Gasteiger partial charge in [0.1, 0.15) is 0 Å². The number of imidazole rings is 1. The highest BCUT2D eigenvalue weighted by atomic mass is 15.1. The minimum atomic E-state index is 0.0918. The second-order valence-electron chi connectivity index (χ2n) is 5.25. The molecule has 0 amide bonds. The van der Waals surface area contributed by atoms with Gasteiger partial charge in [-0.3, -0.25) is 0 Å². The lowest BCUT2D eigenvalue weighted by Gasteiger charge is -2.26. The van der Waals surface area contributed by atoms with Crippen molar-refractivity contribution in [2.45, 2.75) is 46.2 Å². The summed E-state index contributed by atoms with van der Waals surface area (Å²) in [5, 5.41) is 0. The van der Waals surface area contributed by atoms with E-state index in [1.165, 1.54) is 16.8 Å². The fourth-order valence-electron chi connectivity index (χ4n) is 2.49. The van der Waals surface area contributed by atoms with Gasteiger partial charge in [0.25, 0.3) is 0 Å². The van der Waals surface area contributed by atoms with Crippen LogP contribution in [0.2, 0.25) is 0 Å². The van der Waals surface area contributed by atoms with Gasteiger partial charge in [-0.2, -0.15) is 0 Å². The molecule has 2 rings (SSSR count). The van der Waals surface area contributed by atoms with Crippen LogP contribution in [0.3, 0.4) is 0 Å². The van der Waals surface area contributed by atoms with Gasteiger partial charge < -0.3 is 10.3 Å². The van der Waals surface area contributed by atoms with Crippen molar-refractivity contribution >= 4 is 0 Å². The molecule has 2 N–H and O–H groups in total. The highest BCUT2D eigenvalue weighted by Crippen LogP contribution is 2.26. The Bertz CT molecular complexity index is 557. The van der Waals surface area contributed by atoms with Crippen LogP contribution in [0.1, 0.15) is 41.9 Å². The minimum absolute atomic E-state index is 0.0918. The molecule has 1 heterocycles. The first-order valence-corrected chi connectivity index (χ1v) is 6.86. The molecule has 2 aromatic rings. The number of aromatic nitrogens is 2. The molecule has 1 aromatic heterocycles. The number of hydrogen-bond donors (Lipinski definition) is 1. The predicted octanol–water partition coefficient (Wildman–Crippen LogP) is 3.14. The van der Waals surface area contributed by atoms with Gasteiger partial charge in [-0.1, -0.05) is 36.8 Å². The molecule has 102 valence electrons. The maximum absolute atomic E-state index is 6.36. The number of aryl methyl sites for hydroxylation is 2. The molecule has 19 heavy (non-hydrogen) atoms. The Kier molecular flexibility index (Phi) is 4.05. The Hall–Kier alpha value is -1.61. The van der Waals surface area contributed by atoms with E-state index in [-0.39, 0.29) is 12.1 Å². The van der Waals surface area contributed by atoms with Gasteiger partial charge in [-0.05, 0) is 32.8 Å². The summed E-state index contributed by atoms with van der Waals surface area (Å²) in [5.41, 5.74) is 11.1. The number of hydrogen-bond acceptors (Lipinski definition) is 2. The second-order valence-corrected chi connectivity index (χ2v) is 5.25. The van der Waals surface area contributed by atoms with Crippen molar-refractivity contribution in [2.24, 2.45) is 5.73 Å². The van der Waals surface area contributed by atoms with E-state index in [0.717, 1.165) is 12.1 Å². The quantitative estimate of drug-likeness (QED) is 0.914. The smallest absolute Gasteiger partial charge is 0.0957 e. The van der Waals surface area contributed by atoms with Crippen LogP contribution in [0.25, 0.3) is 0 Å². The zero-order valence-corrected chi connectivity index (χ0v) is 12.2. The Morgan fingerprint density at radius 1 is 1.26 bits per heavy atom. The molecular weight excluding hydrogens is 234 g/mol. The lowest BCUT2D eigenvalue weighted by molar-refractivity contribution is 0.451. The lowest BCUT2D eigenvalue weighted by atomic mass is 9.96. The van der Waals surface area contributed by atoms with Crippen LogP contribution in [0.5, 0.6) is 0 Å². The van der Waals surface area contributed by atoms with Crippen LogP contribution in [-0.2, 0) is 0 Å². The summed E-state index contributed by atoms with van der Waals surface area (Å²) in [4.78, 5) is 4.41. The predicted molar refractivity (Wildman–Crippen MR) is 79.3 cm³/mol. The Morgan fingerprint density at radius 2 is 2.00 bits per heavy atom. The molecule has 1 aromatic carbocycles. The zero-order valence-electron chi connectivity index (χ0n) is 12.2. The summed E-state index contributed by atoms with van der Waals surface area (Å²) in [5.74, 6) is 0. The summed E-state index contributed by atoms with van der Waals surface area (Å²) in [6, 6.07) is 8.83. The molecule has 0 saturated carbocycles. The molecule has 2 atom stereocenters. The normalized spacial score (nSPS) is 14.4. The van der Waals surface area contributed by atoms with Gasteiger partial charge in [0, 0.05) is 11.7 Å². The van der Waals surface area contributed by atoms with Crippen molar-refractivity contribution in [2.75, 3.05) is 0 Å². The Balaban J connectivity index is 2.50. The number of rotatable bonds is 4. The van der Waals surface area contributed by atoms with Crippen LogP contribution in [-0.4, -0.2) is 15.6 Å². The van der Waals surface area contributed by atoms with E-state index >= 15 is 0 Å². The van der Waals surface area contributed by atoms with Gasteiger partial charge in [0.2, 0.25) is 0 Å². The van der Waals surface area contributed by atoms with E-state index in [2.05, 4.69) is 54.6 Å². The molecule has 0 radical (unpaired) electrons. The van der Waals surface area contributed by atoms with E-state index in [9.17, 15) is 0 Å². The number of benzene rings is 1. The highest BCUT2D eigenvalue weighted by Gasteiger charge is 2.22. The van der Waals surface area contributed by atoms with E-state index in [0.29, 0.717) is 0 Å². The van der Waals surface area contributed by atoms with Crippen molar-refractivity contribution in [1.82, 2.24) is 9.55 Å². The fraction of sp³-hybridized carbons (Fsp3) is 0.438. The summed E-state index contributed by atoms with van der Waals surface area (Å²) < 4.78 is 2.21. The van der Waals surface area contributed by atoms with Gasteiger partial charge in [-0.15, -0.1) is 0 Å². The molecular formula is C16H23N3. The third-order valence-electron chi connectivity index (χ3n) is 3.85. The first-order valence-electron chi connectivity index (χ1n) is 6.86. The van der Waals surface area contributed by atoms with Crippen LogP contribution < -0.4 is 5.73 Å². The van der Waals surface area contributed by atoms with Crippen molar-refractivity contribution in [3.63, 3.8) is 0 Å². The molecule has 0 bridgehead atoms. The molecule has 0 fully saturated rings. The lowest BCUT2D eigenvalue weighted by Crippen LogP contribution is -2.32. The van der Waals surface area contributed by atoms with Crippen LogP contribution in [0, 0.1) is 20.8 Å². The maximum Gasteiger partial charge on any atom is 0.0957 e. The molecule has 0 aliphatic carbocycles. The largest absolute Gasteiger partial charge is 0.326 e. The molecule has 3 nitrogen and oxygen atoms in total. The van der Waals surface area contributed by atoms with E-state index < -0.39 is 0 Å². The number of nitrogens with zero attached hydrogens (tertiary/aromatic N) is 2. The van der Waals surface area contributed by atoms with Crippen molar-refractivity contribution in [3.8, 4) is 0 Å². The molecule has 2 unspecified atom stereocenters. The third kappa shape index (κ3) is 2.71. The van der Waals surface area contributed by atoms with Gasteiger partial charge >= 0.3 is 0 Å². The first kappa shape index (κ1) is 13.8. The average Bonchev–Trinajstić information content (AvgIpc) is 2.71. The summed E-state index contributed by atoms with van der Waals surface area (Å²) >= 11 is 0. The van der Waals surface area contributed by atoms with Gasteiger partial charge in [0.05, 0.1) is 18.1 Å². The average molecular weight is 257 g/mol. The molecule has 0 spiro atoms. The summed E-state index contributed by atoms with van der Waals surface area (Å²) in [6.07, 6.45) is 2.85. The first-order chi connectivity index (χ1) is 9.04. The monoisotopic (exact) mass is 257 g/mol. The Morgan fingerprint density at radius 3 is 2.53 bits per heavy atom. The number of nitrogens with two attached hydrogens (primary N) is 1. The van der Waals surface area contributed by atoms with Crippen molar-refractivity contribution in [1.29, 1.82) is 0 Å². The van der Waals surface area contributed by atoms with E-state index in [4.69, 9.17) is 5.73 Å². The second kappa shape index (κ2) is 5.57. The van der Waals surface area contributed by atoms with Gasteiger partial charge in [0.15, 0.2) is 0 Å². The topological polar surface area (TPSA) is 43.8 Å². The van der Waals surface area contributed by atoms with Gasteiger partial charge in [-0.25, -0.2) is 4.98 Å². The highest BCUT2D eigenvalue weighted by molar-refractivity contribution is 5.28.